The molecule has 4 nitrogen and oxygen atoms in total. The Hall–Kier alpha value is -1.49. The van der Waals surface area contributed by atoms with Crippen LogP contribution in [-0.4, -0.2) is 20.5 Å². The number of halogens is 1. The van der Waals surface area contributed by atoms with E-state index < -0.39 is 0 Å². The van der Waals surface area contributed by atoms with E-state index in [1.165, 1.54) is 0 Å². The van der Waals surface area contributed by atoms with Crippen molar-refractivity contribution in [1.29, 1.82) is 0 Å². The number of carbonyl (C=O) groups is 1. The molecule has 0 aliphatic heterocycles. The minimum Gasteiger partial charge on any atom is -0.294 e. The molecule has 2 aromatic rings. The second kappa shape index (κ2) is 4.41. The molecule has 0 unspecified atom stereocenters. The SMILES string of the molecule is CC(=O)c1ccc(Br)cc1-n1nc(C)nc1C. The van der Waals surface area contributed by atoms with Crippen LogP contribution in [0.3, 0.4) is 0 Å². The number of aryl methyl sites for hydroxylation is 2. The summed E-state index contributed by atoms with van der Waals surface area (Å²) in [6.07, 6.45) is 0. The van der Waals surface area contributed by atoms with Crippen LogP contribution in [0.5, 0.6) is 0 Å². The summed E-state index contributed by atoms with van der Waals surface area (Å²) >= 11 is 3.40. The van der Waals surface area contributed by atoms with Crippen molar-refractivity contribution in [1.82, 2.24) is 14.8 Å². The summed E-state index contributed by atoms with van der Waals surface area (Å²) in [4.78, 5) is 15.8. The molecule has 0 aliphatic carbocycles. The summed E-state index contributed by atoms with van der Waals surface area (Å²) in [5.74, 6) is 1.47. The van der Waals surface area contributed by atoms with Crippen LogP contribution in [0.2, 0.25) is 0 Å². The van der Waals surface area contributed by atoms with Crippen LogP contribution in [0.15, 0.2) is 22.7 Å². The van der Waals surface area contributed by atoms with Gasteiger partial charge in [0.05, 0.1) is 5.69 Å². The van der Waals surface area contributed by atoms with Crippen LogP contribution in [0.4, 0.5) is 0 Å². The van der Waals surface area contributed by atoms with Crippen molar-refractivity contribution in [3.05, 3.63) is 39.9 Å². The first-order valence-corrected chi connectivity index (χ1v) is 5.99. The third kappa shape index (κ3) is 2.29. The van der Waals surface area contributed by atoms with Gasteiger partial charge in [0.25, 0.3) is 0 Å². The summed E-state index contributed by atoms with van der Waals surface area (Å²) in [6.45, 7) is 5.24. The second-order valence-corrected chi connectivity index (χ2v) is 4.75. The maximum atomic E-state index is 11.6. The number of hydrogen-bond acceptors (Lipinski definition) is 3. The maximum absolute atomic E-state index is 11.6. The van der Waals surface area contributed by atoms with Gasteiger partial charge in [0.1, 0.15) is 11.6 Å². The topological polar surface area (TPSA) is 47.8 Å². The quantitative estimate of drug-likeness (QED) is 0.800. The Morgan fingerprint density at radius 1 is 1.35 bits per heavy atom. The number of ketones is 1. The Labute approximate surface area is 108 Å². The van der Waals surface area contributed by atoms with Gasteiger partial charge < -0.3 is 0 Å². The van der Waals surface area contributed by atoms with E-state index in [9.17, 15) is 4.79 Å². The van der Waals surface area contributed by atoms with Gasteiger partial charge in [0.15, 0.2) is 5.78 Å². The smallest absolute Gasteiger partial charge is 0.161 e. The van der Waals surface area contributed by atoms with Gasteiger partial charge in [-0.1, -0.05) is 15.9 Å². The Morgan fingerprint density at radius 3 is 2.59 bits per heavy atom. The van der Waals surface area contributed by atoms with Crippen molar-refractivity contribution >= 4 is 21.7 Å². The highest BCUT2D eigenvalue weighted by atomic mass is 79.9. The first kappa shape index (κ1) is 12.0. The first-order chi connectivity index (χ1) is 7.99. The lowest BCUT2D eigenvalue weighted by Gasteiger charge is -2.08. The zero-order valence-electron chi connectivity index (χ0n) is 9.86. The van der Waals surface area contributed by atoms with Crippen molar-refractivity contribution in [2.45, 2.75) is 20.8 Å². The van der Waals surface area contributed by atoms with Crippen LogP contribution in [0.25, 0.3) is 5.69 Å². The summed E-state index contributed by atoms with van der Waals surface area (Å²) < 4.78 is 2.60. The molecule has 0 saturated heterocycles. The Morgan fingerprint density at radius 2 is 2.06 bits per heavy atom. The molecular weight excluding hydrogens is 282 g/mol. The fraction of sp³-hybridized carbons (Fsp3) is 0.250. The highest BCUT2D eigenvalue weighted by Crippen LogP contribution is 2.21. The minimum absolute atomic E-state index is 0.0139. The third-order valence-corrected chi connectivity index (χ3v) is 2.94. The highest BCUT2D eigenvalue weighted by molar-refractivity contribution is 9.10. The summed E-state index contributed by atoms with van der Waals surface area (Å²) in [5.41, 5.74) is 1.39. The van der Waals surface area contributed by atoms with Crippen LogP contribution < -0.4 is 0 Å². The van der Waals surface area contributed by atoms with E-state index in [0.717, 1.165) is 16.0 Å². The minimum atomic E-state index is 0.0139. The molecular formula is C12H12BrN3O. The van der Waals surface area contributed by atoms with Gasteiger partial charge >= 0.3 is 0 Å². The zero-order chi connectivity index (χ0) is 12.6. The molecule has 88 valence electrons. The van der Waals surface area contributed by atoms with Crippen molar-refractivity contribution in [2.75, 3.05) is 0 Å². The van der Waals surface area contributed by atoms with E-state index in [1.807, 2.05) is 26.0 Å². The molecule has 0 saturated carbocycles. The molecule has 0 spiro atoms. The molecule has 0 amide bonds. The molecule has 0 fully saturated rings. The van der Waals surface area contributed by atoms with Gasteiger partial charge in [-0.05, 0) is 39.0 Å². The monoisotopic (exact) mass is 293 g/mol. The number of rotatable bonds is 2. The van der Waals surface area contributed by atoms with E-state index in [0.29, 0.717) is 11.4 Å². The highest BCUT2D eigenvalue weighted by Gasteiger charge is 2.13. The lowest BCUT2D eigenvalue weighted by molar-refractivity contribution is 0.101. The fourth-order valence-electron chi connectivity index (χ4n) is 1.73. The normalized spacial score (nSPS) is 10.6. The van der Waals surface area contributed by atoms with E-state index in [1.54, 1.807) is 17.7 Å². The lowest BCUT2D eigenvalue weighted by Crippen LogP contribution is -2.06. The molecule has 1 aromatic heterocycles. The molecule has 0 aliphatic rings. The van der Waals surface area contributed by atoms with Crippen LogP contribution in [-0.2, 0) is 0 Å². The molecule has 5 heteroatoms. The number of hydrogen-bond donors (Lipinski definition) is 0. The number of aromatic nitrogens is 3. The average molecular weight is 294 g/mol. The summed E-state index contributed by atoms with van der Waals surface area (Å²) in [7, 11) is 0. The van der Waals surface area contributed by atoms with Crippen LogP contribution in [0.1, 0.15) is 28.9 Å². The second-order valence-electron chi connectivity index (χ2n) is 3.84. The molecule has 0 N–H and O–H groups in total. The third-order valence-electron chi connectivity index (χ3n) is 2.44. The molecule has 17 heavy (non-hydrogen) atoms. The summed E-state index contributed by atoms with van der Waals surface area (Å²) in [6, 6.07) is 5.51. The van der Waals surface area contributed by atoms with Crippen LogP contribution >= 0.6 is 15.9 Å². The predicted molar refractivity (Wildman–Crippen MR) is 68.5 cm³/mol. The van der Waals surface area contributed by atoms with Crippen molar-refractivity contribution in [2.24, 2.45) is 0 Å². The van der Waals surface area contributed by atoms with E-state index in [4.69, 9.17) is 0 Å². The lowest BCUT2D eigenvalue weighted by atomic mass is 10.1. The number of carbonyl (C=O) groups excluding carboxylic acids is 1. The van der Waals surface area contributed by atoms with Gasteiger partial charge in [-0.15, -0.1) is 0 Å². The van der Waals surface area contributed by atoms with Gasteiger partial charge in [-0.25, -0.2) is 9.67 Å². The van der Waals surface area contributed by atoms with Crippen molar-refractivity contribution in [3.8, 4) is 5.69 Å². The average Bonchev–Trinajstić information content (AvgIpc) is 2.57. The molecule has 0 radical (unpaired) electrons. The van der Waals surface area contributed by atoms with Gasteiger partial charge in [-0.2, -0.15) is 5.10 Å². The molecule has 1 aromatic carbocycles. The van der Waals surface area contributed by atoms with Gasteiger partial charge in [0.2, 0.25) is 0 Å². The fourth-order valence-corrected chi connectivity index (χ4v) is 2.08. The first-order valence-electron chi connectivity index (χ1n) is 5.20. The van der Waals surface area contributed by atoms with E-state index >= 15 is 0 Å². The Balaban J connectivity index is 2.69. The van der Waals surface area contributed by atoms with Gasteiger partial charge in [0, 0.05) is 10.0 Å². The Bertz CT molecular complexity index is 589. The number of nitrogens with zero attached hydrogens (tertiary/aromatic N) is 3. The van der Waals surface area contributed by atoms with Crippen molar-refractivity contribution < 1.29 is 4.79 Å². The van der Waals surface area contributed by atoms with E-state index in [-0.39, 0.29) is 5.78 Å². The predicted octanol–water partition coefficient (Wildman–Crippen LogP) is 2.85. The molecule has 2 rings (SSSR count). The zero-order valence-corrected chi connectivity index (χ0v) is 11.4. The summed E-state index contributed by atoms with van der Waals surface area (Å²) in [5, 5.41) is 4.30. The van der Waals surface area contributed by atoms with Gasteiger partial charge in [-0.3, -0.25) is 4.79 Å². The number of Topliss-reactive ketones (excluding diaryl/α,β-unsaturated/α-hetero) is 1. The molecule has 0 bridgehead atoms. The number of benzene rings is 1. The molecule has 0 atom stereocenters. The maximum Gasteiger partial charge on any atom is 0.161 e. The van der Waals surface area contributed by atoms with Crippen molar-refractivity contribution in [3.63, 3.8) is 0 Å². The molecule has 1 heterocycles. The largest absolute Gasteiger partial charge is 0.294 e. The van der Waals surface area contributed by atoms with Crippen LogP contribution in [0, 0.1) is 13.8 Å². The van der Waals surface area contributed by atoms with E-state index in [2.05, 4.69) is 26.0 Å². The standard InChI is InChI=1S/C12H12BrN3O/c1-7(17)11-5-4-10(13)6-12(11)16-9(3)14-8(2)15-16/h4-6H,1-3H3. The Kier molecular flexibility index (Phi) is 3.11.